The van der Waals surface area contributed by atoms with E-state index in [1.54, 1.807) is 12.1 Å². The minimum Gasteiger partial charge on any atom is -0.479 e. The Balaban J connectivity index is 1.82. The number of pyridine rings is 1. The van der Waals surface area contributed by atoms with Crippen molar-refractivity contribution in [3.8, 4) is 0 Å². The van der Waals surface area contributed by atoms with Crippen molar-refractivity contribution in [2.45, 2.75) is 18.6 Å². The molecule has 1 aromatic carbocycles. The van der Waals surface area contributed by atoms with Gasteiger partial charge in [0.2, 0.25) is 0 Å². The van der Waals surface area contributed by atoms with Crippen LogP contribution in [0.1, 0.15) is 16.1 Å². The lowest BCUT2D eigenvalue weighted by Gasteiger charge is -2.21. The number of aliphatic carboxylic acids is 1. The number of aromatic nitrogens is 2. The maximum Gasteiger partial charge on any atom is 0.334 e. The fraction of sp³-hybridized carbons (Fsp3) is 0.167. The van der Waals surface area contributed by atoms with Crippen LogP contribution in [0.3, 0.4) is 0 Å². The van der Waals surface area contributed by atoms with Crippen LogP contribution in [-0.2, 0) is 11.2 Å². The summed E-state index contributed by atoms with van der Waals surface area (Å²) < 4.78 is 13.0. The number of benzene rings is 1. The summed E-state index contributed by atoms with van der Waals surface area (Å²) in [5.74, 6) is -2.52. The number of halogens is 2. The van der Waals surface area contributed by atoms with Gasteiger partial charge in [0, 0.05) is 5.39 Å². The zero-order valence-corrected chi connectivity index (χ0v) is 14.6. The van der Waals surface area contributed by atoms with Gasteiger partial charge < -0.3 is 20.5 Å². The molecule has 0 saturated heterocycles. The van der Waals surface area contributed by atoms with Gasteiger partial charge in [-0.2, -0.15) is 0 Å². The number of amides is 1. The lowest BCUT2D eigenvalue weighted by Crippen LogP contribution is -2.48. The lowest BCUT2D eigenvalue weighted by molar-refractivity contribution is -0.148. The Labute approximate surface area is 157 Å². The minimum absolute atomic E-state index is 0.00704. The van der Waals surface area contributed by atoms with E-state index in [4.69, 9.17) is 16.7 Å². The third-order valence-electron chi connectivity index (χ3n) is 4.04. The first kappa shape index (κ1) is 18.8. The normalized spacial score (nSPS) is 13.3. The monoisotopic (exact) mass is 391 g/mol. The van der Waals surface area contributed by atoms with Crippen LogP contribution < -0.4 is 5.32 Å². The zero-order valence-electron chi connectivity index (χ0n) is 13.8. The Bertz CT molecular complexity index is 990. The highest BCUT2D eigenvalue weighted by Crippen LogP contribution is 2.18. The molecule has 3 rings (SSSR count). The molecule has 9 heteroatoms. The first-order chi connectivity index (χ1) is 12.8. The number of hydrogen-bond donors (Lipinski definition) is 4. The molecule has 0 saturated carbocycles. The number of nitrogens with one attached hydrogen (secondary N) is 2. The first-order valence-corrected chi connectivity index (χ1v) is 8.32. The molecular formula is C18H15ClFN3O4. The number of H-pyrrole nitrogens is 1. The van der Waals surface area contributed by atoms with Crippen molar-refractivity contribution < 1.29 is 24.2 Å². The fourth-order valence-electron chi connectivity index (χ4n) is 2.66. The number of aliphatic hydroxyl groups is 1. The third kappa shape index (κ3) is 4.42. The van der Waals surface area contributed by atoms with Crippen molar-refractivity contribution in [3.05, 3.63) is 64.8 Å². The molecule has 3 aromatic rings. The van der Waals surface area contributed by atoms with Crippen LogP contribution in [0.2, 0.25) is 5.15 Å². The van der Waals surface area contributed by atoms with E-state index in [9.17, 15) is 19.1 Å². The van der Waals surface area contributed by atoms with Crippen LogP contribution in [0.25, 0.3) is 10.9 Å². The second-order valence-electron chi connectivity index (χ2n) is 5.97. The summed E-state index contributed by atoms with van der Waals surface area (Å²) in [4.78, 5) is 30.5. The predicted molar refractivity (Wildman–Crippen MR) is 96.1 cm³/mol. The van der Waals surface area contributed by atoms with E-state index in [1.165, 1.54) is 30.5 Å². The molecule has 27 heavy (non-hydrogen) atoms. The van der Waals surface area contributed by atoms with Crippen molar-refractivity contribution in [1.82, 2.24) is 15.3 Å². The van der Waals surface area contributed by atoms with Crippen molar-refractivity contribution in [3.63, 3.8) is 0 Å². The number of rotatable bonds is 6. The van der Waals surface area contributed by atoms with E-state index in [2.05, 4.69) is 15.3 Å². The van der Waals surface area contributed by atoms with E-state index in [-0.39, 0.29) is 17.3 Å². The third-order valence-corrected chi connectivity index (χ3v) is 4.24. The molecule has 2 atom stereocenters. The molecular weight excluding hydrogens is 377 g/mol. The van der Waals surface area contributed by atoms with Crippen molar-refractivity contribution in [2.75, 3.05) is 0 Å². The average molecular weight is 392 g/mol. The second kappa shape index (κ2) is 7.73. The predicted octanol–water partition coefficient (Wildman–Crippen LogP) is 2.14. The first-order valence-electron chi connectivity index (χ1n) is 7.94. The van der Waals surface area contributed by atoms with Gasteiger partial charge in [-0.15, -0.1) is 0 Å². The number of carboxylic acids is 1. The molecule has 140 valence electrons. The zero-order chi connectivity index (χ0) is 19.6. The molecule has 0 radical (unpaired) electrons. The summed E-state index contributed by atoms with van der Waals surface area (Å²) in [5.41, 5.74) is 1.31. The summed E-state index contributed by atoms with van der Waals surface area (Å²) in [6, 6.07) is 7.35. The summed E-state index contributed by atoms with van der Waals surface area (Å²) in [5, 5.41) is 22.5. The van der Waals surface area contributed by atoms with Gasteiger partial charge in [0.1, 0.15) is 16.7 Å². The Morgan fingerprint density at radius 1 is 1.26 bits per heavy atom. The Morgan fingerprint density at radius 2 is 1.96 bits per heavy atom. The summed E-state index contributed by atoms with van der Waals surface area (Å²) in [6.45, 7) is 0. The largest absolute Gasteiger partial charge is 0.479 e. The maximum atomic E-state index is 13.0. The molecule has 4 N–H and O–H groups in total. The number of aromatic amines is 1. The standard InChI is InChI=1S/C18H15ClFN3O4/c19-15-7-10-6-13(22-14(10)8-21-15)17(25)23-12(16(24)18(26)27)5-9-1-3-11(20)4-2-9/h1-4,6-8,12,16,22,24H,5H2,(H,23,25)(H,26,27)/t12-,16+/m0/s1. The summed E-state index contributed by atoms with van der Waals surface area (Å²) in [7, 11) is 0. The number of fused-ring (bicyclic) bond motifs is 1. The van der Waals surface area contributed by atoms with E-state index in [1.807, 2.05) is 0 Å². The molecule has 0 fully saturated rings. The van der Waals surface area contributed by atoms with Crippen LogP contribution in [-0.4, -0.2) is 44.2 Å². The molecule has 0 aliphatic rings. The molecule has 2 heterocycles. The molecule has 7 nitrogen and oxygen atoms in total. The van der Waals surface area contributed by atoms with Gasteiger partial charge in [-0.3, -0.25) is 4.79 Å². The Morgan fingerprint density at radius 3 is 2.63 bits per heavy atom. The Kier molecular flexibility index (Phi) is 5.38. The van der Waals surface area contributed by atoms with E-state index < -0.39 is 29.8 Å². The SMILES string of the molecule is O=C(N[C@@H](Cc1ccc(F)cc1)[C@@H](O)C(=O)O)c1cc2cc(Cl)ncc2[nH]1. The van der Waals surface area contributed by atoms with Gasteiger partial charge in [0.15, 0.2) is 6.10 Å². The van der Waals surface area contributed by atoms with E-state index in [0.29, 0.717) is 16.5 Å². The van der Waals surface area contributed by atoms with Crippen molar-refractivity contribution in [2.24, 2.45) is 0 Å². The topological polar surface area (TPSA) is 115 Å². The van der Waals surface area contributed by atoms with Gasteiger partial charge in [-0.1, -0.05) is 23.7 Å². The number of carbonyl (C=O) groups excluding carboxylic acids is 1. The van der Waals surface area contributed by atoms with Crippen LogP contribution in [0.4, 0.5) is 4.39 Å². The molecule has 0 unspecified atom stereocenters. The van der Waals surface area contributed by atoms with Gasteiger partial charge in [-0.25, -0.2) is 14.2 Å². The molecule has 0 aliphatic carbocycles. The number of carbonyl (C=O) groups is 2. The second-order valence-corrected chi connectivity index (χ2v) is 6.36. The van der Waals surface area contributed by atoms with Crippen LogP contribution in [0.5, 0.6) is 0 Å². The van der Waals surface area contributed by atoms with Crippen molar-refractivity contribution >= 4 is 34.4 Å². The van der Waals surface area contributed by atoms with Gasteiger partial charge in [0.25, 0.3) is 5.91 Å². The highest BCUT2D eigenvalue weighted by Gasteiger charge is 2.28. The lowest BCUT2D eigenvalue weighted by atomic mass is 10.0. The number of hydrogen-bond acceptors (Lipinski definition) is 4. The summed E-state index contributed by atoms with van der Waals surface area (Å²) >= 11 is 5.82. The number of nitrogens with zero attached hydrogens (tertiary/aromatic N) is 1. The molecule has 0 spiro atoms. The minimum atomic E-state index is -1.83. The maximum absolute atomic E-state index is 13.0. The highest BCUT2D eigenvalue weighted by molar-refractivity contribution is 6.30. The summed E-state index contributed by atoms with van der Waals surface area (Å²) in [6.07, 6.45) is -0.358. The smallest absolute Gasteiger partial charge is 0.334 e. The molecule has 1 amide bonds. The molecule has 2 aromatic heterocycles. The van der Waals surface area contributed by atoms with E-state index >= 15 is 0 Å². The number of aliphatic hydroxyl groups excluding tert-OH is 1. The quantitative estimate of drug-likeness (QED) is 0.480. The van der Waals surface area contributed by atoms with Crippen LogP contribution in [0, 0.1) is 5.82 Å². The number of carboxylic acid groups (broad SMARTS) is 1. The van der Waals surface area contributed by atoms with Gasteiger partial charge >= 0.3 is 5.97 Å². The molecule has 0 aliphatic heterocycles. The fourth-order valence-corrected chi connectivity index (χ4v) is 2.83. The Hall–Kier alpha value is -2.97. The van der Waals surface area contributed by atoms with Crippen molar-refractivity contribution in [1.29, 1.82) is 0 Å². The molecule has 0 bridgehead atoms. The highest BCUT2D eigenvalue weighted by atomic mass is 35.5. The van der Waals surface area contributed by atoms with Crippen LogP contribution in [0.15, 0.2) is 42.6 Å². The van der Waals surface area contributed by atoms with Gasteiger partial charge in [-0.05, 0) is 36.2 Å². The average Bonchev–Trinajstić information content (AvgIpc) is 3.05. The van der Waals surface area contributed by atoms with Crippen LogP contribution >= 0.6 is 11.6 Å². The van der Waals surface area contributed by atoms with Gasteiger partial charge in [0.05, 0.1) is 17.8 Å². The van der Waals surface area contributed by atoms with E-state index in [0.717, 1.165) is 0 Å².